The monoisotopic (exact) mass is 331 g/mol. The zero-order valence-corrected chi connectivity index (χ0v) is 10.2. The first-order valence-corrected chi connectivity index (χ1v) is 5.50. The SMILES string of the molecule is O=C(Nc1ccc(I)cc1F)c1ncc[nH]1. The molecule has 0 spiro atoms. The van der Waals surface area contributed by atoms with Crippen LogP contribution in [0.3, 0.4) is 0 Å². The second-order valence-corrected chi connectivity index (χ2v) is 4.26. The van der Waals surface area contributed by atoms with Crippen molar-refractivity contribution in [3.8, 4) is 0 Å². The van der Waals surface area contributed by atoms with Gasteiger partial charge in [0.1, 0.15) is 5.82 Å². The van der Waals surface area contributed by atoms with Crippen LogP contribution >= 0.6 is 22.6 Å². The van der Waals surface area contributed by atoms with E-state index in [2.05, 4.69) is 15.3 Å². The zero-order chi connectivity index (χ0) is 11.5. The van der Waals surface area contributed by atoms with Crippen LogP contribution in [0.1, 0.15) is 10.6 Å². The molecule has 0 fully saturated rings. The lowest BCUT2D eigenvalue weighted by Gasteiger charge is -2.04. The van der Waals surface area contributed by atoms with Crippen LogP contribution in [0.5, 0.6) is 0 Å². The predicted octanol–water partition coefficient (Wildman–Crippen LogP) is 2.41. The van der Waals surface area contributed by atoms with Gasteiger partial charge < -0.3 is 10.3 Å². The summed E-state index contributed by atoms with van der Waals surface area (Å²) in [4.78, 5) is 17.9. The Bertz CT molecular complexity index is 513. The molecule has 4 nitrogen and oxygen atoms in total. The number of hydrogen-bond acceptors (Lipinski definition) is 2. The van der Waals surface area contributed by atoms with Crippen molar-refractivity contribution in [2.45, 2.75) is 0 Å². The fourth-order valence-corrected chi connectivity index (χ4v) is 1.62. The van der Waals surface area contributed by atoms with E-state index in [1.807, 2.05) is 22.6 Å². The molecule has 0 atom stereocenters. The largest absolute Gasteiger partial charge is 0.341 e. The van der Waals surface area contributed by atoms with E-state index in [0.717, 1.165) is 3.57 Å². The highest BCUT2D eigenvalue weighted by molar-refractivity contribution is 14.1. The highest BCUT2D eigenvalue weighted by Crippen LogP contribution is 2.17. The van der Waals surface area contributed by atoms with Crippen molar-refractivity contribution in [1.29, 1.82) is 0 Å². The first kappa shape index (κ1) is 11.1. The van der Waals surface area contributed by atoms with Gasteiger partial charge in [0.05, 0.1) is 5.69 Å². The predicted molar refractivity (Wildman–Crippen MR) is 65.7 cm³/mol. The lowest BCUT2D eigenvalue weighted by Crippen LogP contribution is -2.14. The Morgan fingerprint density at radius 3 is 2.94 bits per heavy atom. The van der Waals surface area contributed by atoms with Crippen LogP contribution in [-0.4, -0.2) is 15.9 Å². The molecule has 6 heteroatoms. The van der Waals surface area contributed by atoms with E-state index in [9.17, 15) is 9.18 Å². The first-order chi connectivity index (χ1) is 7.66. The molecule has 0 saturated heterocycles. The molecule has 2 aromatic rings. The van der Waals surface area contributed by atoms with E-state index in [1.54, 1.807) is 6.07 Å². The molecule has 1 aromatic heterocycles. The maximum Gasteiger partial charge on any atom is 0.291 e. The lowest BCUT2D eigenvalue weighted by molar-refractivity contribution is 0.101. The molecule has 1 aromatic carbocycles. The Morgan fingerprint density at radius 2 is 2.31 bits per heavy atom. The summed E-state index contributed by atoms with van der Waals surface area (Å²) in [5.74, 6) is -0.783. The van der Waals surface area contributed by atoms with E-state index in [1.165, 1.54) is 24.5 Å². The van der Waals surface area contributed by atoms with Gasteiger partial charge in [-0.25, -0.2) is 9.37 Å². The number of carbonyl (C=O) groups is 1. The fraction of sp³-hybridized carbons (Fsp3) is 0. The average Bonchev–Trinajstić information content (AvgIpc) is 2.75. The fourth-order valence-electron chi connectivity index (χ4n) is 1.16. The molecule has 0 aliphatic carbocycles. The number of halogens is 2. The Morgan fingerprint density at radius 1 is 1.50 bits per heavy atom. The minimum atomic E-state index is -0.467. The van der Waals surface area contributed by atoms with Gasteiger partial charge in [-0.1, -0.05) is 0 Å². The molecule has 1 amide bonds. The van der Waals surface area contributed by atoms with E-state index < -0.39 is 11.7 Å². The highest BCUT2D eigenvalue weighted by atomic mass is 127. The number of nitrogens with zero attached hydrogens (tertiary/aromatic N) is 1. The molecular formula is C10H7FIN3O. The number of nitrogens with one attached hydrogen (secondary N) is 2. The van der Waals surface area contributed by atoms with Gasteiger partial charge in [0.2, 0.25) is 0 Å². The summed E-state index contributed by atoms with van der Waals surface area (Å²) in [7, 11) is 0. The van der Waals surface area contributed by atoms with Crippen molar-refractivity contribution in [3.05, 3.63) is 45.8 Å². The van der Waals surface area contributed by atoms with Crippen molar-refractivity contribution in [1.82, 2.24) is 9.97 Å². The molecule has 0 unspecified atom stereocenters. The summed E-state index contributed by atoms with van der Waals surface area (Å²) < 4.78 is 14.2. The molecule has 1 heterocycles. The minimum absolute atomic E-state index is 0.141. The first-order valence-electron chi connectivity index (χ1n) is 4.42. The van der Waals surface area contributed by atoms with Crippen LogP contribution in [0.2, 0.25) is 0 Å². The number of anilines is 1. The molecule has 0 aliphatic heterocycles. The normalized spacial score (nSPS) is 10.1. The van der Waals surface area contributed by atoms with Gasteiger partial charge in [0.25, 0.3) is 5.91 Å². The second kappa shape index (κ2) is 4.60. The van der Waals surface area contributed by atoms with Crippen molar-refractivity contribution in [3.63, 3.8) is 0 Å². The molecule has 2 N–H and O–H groups in total. The van der Waals surface area contributed by atoms with Crippen LogP contribution in [0.4, 0.5) is 10.1 Å². The number of carbonyl (C=O) groups excluding carboxylic acids is 1. The molecule has 16 heavy (non-hydrogen) atoms. The smallest absolute Gasteiger partial charge is 0.291 e. The summed E-state index contributed by atoms with van der Waals surface area (Å²) in [5, 5.41) is 2.43. The number of aromatic nitrogens is 2. The van der Waals surface area contributed by atoms with Gasteiger partial charge in [0, 0.05) is 16.0 Å². The Hall–Kier alpha value is -1.44. The van der Waals surface area contributed by atoms with Gasteiger partial charge in [-0.3, -0.25) is 4.79 Å². The maximum atomic E-state index is 13.4. The number of hydrogen-bond donors (Lipinski definition) is 2. The minimum Gasteiger partial charge on any atom is -0.341 e. The zero-order valence-electron chi connectivity index (χ0n) is 8.00. The van der Waals surface area contributed by atoms with E-state index >= 15 is 0 Å². The van der Waals surface area contributed by atoms with Gasteiger partial charge >= 0.3 is 0 Å². The number of imidazole rings is 1. The molecule has 2 rings (SSSR count). The van der Waals surface area contributed by atoms with Crippen LogP contribution in [0, 0.1) is 9.39 Å². The second-order valence-electron chi connectivity index (χ2n) is 3.02. The molecule has 82 valence electrons. The van der Waals surface area contributed by atoms with Crippen LogP contribution < -0.4 is 5.32 Å². The molecule has 0 saturated carbocycles. The van der Waals surface area contributed by atoms with E-state index in [0.29, 0.717) is 0 Å². The van der Waals surface area contributed by atoms with Crippen molar-refractivity contribution in [2.75, 3.05) is 5.32 Å². The third-order valence-electron chi connectivity index (χ3n) is 1.89. The number of H-pyrrole nitrogens is 1. The summed E-state index contributed by atoms with van der Waals surface area (Å²) in [6, 6.07) is 4.57. The highest BCUT2D eigenvalue weighted by Gasteiger charge is 2.10. The summed E-state index contributed by atoms with van der Waals surface area (Å²) in [6.07, 6.45) is 2.98. The van der Waals surface area contributed by atoms with Crippen molar-refractivity contribution >= 4 is 34.2 Å². The number of amides is 1. The van der Waals surface area contributed by atoms with Gasteiger partial charge in [0.15, 0.2) is 5.82 Å². The third-order valence-corrected chi connectivity index (χ3v) is 2.56. The summed E-state index contributed by atoms with van der Waals surface area (Å²) in [6.45, 7) is 0. The van der Waals surface area contributed by atoms with Gasteiger partial charge in [-0.05, 0) is 40.8 Å². The Kier molecular flexibility index (Phi) is 3.18. The topological polar surface area (TPSA) is 57.8 Å². The van der Waals surface area contributed by atoms with Gasteiger partial charge in [-0.15, -0.1) is 0 Å². The van der Waals surface area contributed by atoms with Crippen LogP contribution in [0.15, 0.2) is 30.6 Å². The standard InChI is InChI=1S/C10H7FIN3O/c11-7-5-6(12)1-2-8(7)15-10(16)9-13-3-4-14-9/h1-5H,(H,13,14)(H,15,16). The maximum absolute atomic E-state index is 13.4. The van der Waals surface area contributed by atoms with Gasteiger partial charge in [-0.2, -0.15) is 0 Å². The lowest BCUT2D eigenvalue weighted by atomic mass is 10.3. The Balaban J connectivity index is 2.18. The summed E-state index contributed by atoms with van der Waals surface area (Å²) >= 11 is 2.00. The number of benzene rings is 1. The Labute approximate surface area is 104 Å². The summed E-state index contributed by atoms with van der Waals surface area (Å²) in [5.41, 5.74) is 0.141. The molecule has 0 radical (unpaired) electrons. The van der Waals surface area contributed by atoms with Crippen LogP contribution in [0.25, 0.3) is 0 Å². The molecule has 0 bridgehead atoms. The van der Waals surface area contributed by atoms with E-state index in [4.69, 9.17) is 0 Å². The van der Waals surface area contributed by atoms with Crippen molar-refractivity contribution < 1.29 is 9.18 Å². The third kappa shape index (κ3) is 2.38. The average molecular weight is 331 g/mol. The van der Waals surface area contributed by atoms with E-state index in [-0.39, 0.29) is 11.5 Å². The molecule has 0 aliphatic rings. The van der Waals surface area contributed by atoms with Crippen LogP contribution in [-0.2, 0) is 0 Å². The quantitative estimate of drug-likeness (QED) is 0.831. The number of aromatic amines is 1. The number of rotatable bonds is 2. The van der Waals surface area contributed by atoms with Crippen molar-refractivity contribution in [2.24, 2.45) is 0 Å². The molecular weight excluding hydrogens is 324 g/mol.